The predicted octanol–water partition coefficient (Wildman–Crippen LogP) is 6.42. The Hall–Kier alpha value is -4.24. The minimum Gasteiger partial charge on any atom is -0.508 e. The Bertz CT molecular complexity index is 1510. The number of hydrogen-bond acceptors (Lipinski definition) is 6. The number of nitrogens with one attached hydrogen (secondary N) is 2. The highest BCUT2D eigenvalue weighted by Gasteiger charge is 2.48. The highest BCUT2D eigenvalue weighted by atomic mass is 35.5. The van der Waals surface area contributed by atoms with Crippen molar-refractivity contribution in [2.24, 2.45) is 5.92 Å². The van der Waals surface area contributed by atoms with E-state index >= 15 is 0 Å². The average Bonchev–Trinajstić information content (AvgIpc) is 3.66. The fraction of sp³-hybridized carbons (Fsp3) is 0.382. The van der Waals surface area contributed by atoms with E-state index in [9.17, 15) is 24.6 Å². The van der Waals surface area contributed by atoms with Crippen molar-refractivity contribution in [1.29, 1.82) is 0 Å². The summed E-state index contributed by atoms with van der Waals surface area (Å²) in [5.74, 6) is -0.728. The number of alkyl carbamates (subject to hydrolysis) is 1. The third kappa shape index (κ3) is 8.02. The molecular weight excluding hydrogens is 582 g/mol. The smallest absolute Gasteiger partial charge is 0.408 e. The summed E-state index contributed by atoms with van der Waals surface area (Å²) in [7, 11) is 0. The summed E-state index contributed by atoms with van der Waals surface area (Å²) in [5.41, 5.74) is 2.10. The van der Waals surface area contributed by atoms with Gasteiger partial charge in [-0.1, -0.05) is 48.9 Å². The molecule has 3 aromatic rings. The van der Waals surface area contributed by atoms with E-state index in [4.69, 9.17) is 16.3 Å². The number of aryl methyl sites for hydroxylation is 2. The number of amides is 3. The number of ether oxygens (including phenoxy) is 1. The first kappa shape index (κ1) is 32.7. The summed E-state index contributed by atoms with van der Waals surface area (Å²) >= 11 is 6.46. The fourth-order valence-electron chi connectivity index (χ4n) is 5.14. The van der Waals surface area contributed by atoms with Crippen LogP contribution < -0.4 is 10.6 Å². The average molecular weight is 622 g/mol. The van der Waals surface area contributed by atoms with Gasteiger partial charge in [-0.15, -0.1) is 0 Å². The molecule has 3 amide bonds. The number of anilines is 1. The van der Waals surface area contributed by atoms with Crippen LogP contribution in [-0.4, -0.2) is 50.7 Å². The van der Waals surface area contributed by atoms with Crippen LogP contribution in [0, 0.1) is 19.8 Å². The number of phenolic OH excluding ortho intramolecular Hbond substituents is 2. The zero-order valence-corrected chi connectivity index (χ0v) is 26.6. The van der Waals surface area contributed by atoms with Crippen molar-refractivity contribution < 1.29 is 29.3 Å². The fourth-order valence-corrected chi connectivity index (χ4v) is 5.41. The van der Waals surface area contributed by atoms with Gasteiger partial charge >= 0.3 is 6.09 Å². The normalized spacial score (nSPS) is 17.2. The van der Waals surface area contributed by atoms with Gasteiger partial charge in [-0.25, -0.2) is 4.79 Å². The highest BCUT2D eigenvalue weighted by Crippen LogP contribution is 2.42. The van der Waals surface area contributed by atoms with Crippen molar-refractivity contribution >= 4 is 35.2 Å². The van der Waals surface area contributed by atoms with Crippen LogP contribution in [0.1, 0.15) is 62.4 Å². The highest BCUT2D eigenvalue weighted by molar-refractivity contribution is 6.34. The lowest BCUT2D eigenvalue weighted by Crippen LogP contribution is -2.54. The number of hydrogen-bond donors (Lipinski definition) is 4. The van der Waals surface area contributed by atoms with E-state index in [1.807, 2.05) is 19.9 Å². The monoisotopic (exact) mass is 621 g/mol. The maximum Gasteiger partial charge on any atom is 0.408 e. The van der Waals surface area contributed by atoms with Gasteiger partial charge in [0.2, 0.25) is 5.91 Å². The van der Waals surface area contributed by atoms with Crippen LogP contribution in [0.5, 0.6) is 11.5 Å². The molecule has 1 aliphatic carbocycles. The molecule has 0 bridgehead atoms. The Morgan fingerprint density at radius 1 is 1.02 bits per heavy atom. The molecule has 4 N–H and O–H groups in total. The summed E-state index contributed by atoms with van der Waals surface area (Å²) in [5, 5.41) is 26.1. The second-order valence-corrected chi connectivity index (χ2v) is 12.9. The van der Waals surface area contributed by atoms with Gasteiger partial charge in [0, 0.05) is 12.5 Å². The lowest BCUT2D eigenvalue weighted by atomic mass is 9.98. The van der Waals surface area contributed by atoms with E-state index in [2.05, 4.69) is 10.6 Å². The van der Waals surface area contributed by atoms with E-state index in [0.29, 0.717) is 33.8 Å². The lowest BCUT2D eigenvalue weighted by Gasteiger charge is -2.35. The molecule has 4 atom stereocenters. The zero-order valence-electron chi connectivity index (χ0n) is 25.8. The number of phenols is 2. The number of halogens is 1. The number of rotatable bonds is 9. The molecule has 3 aromatic carbocycles. The maximum absolute atomic E-state index is 14.7. The second kappa shape index (κ2) is 13.2. The van der Waals surface area contributed by atoms with Gasteiger partial charge < -0.3 is 30.5 Å². The standard InChI is InChI=1S/C34H40ClN3O6/c1-19-8-7-9-25(35)29(19)37-31(41)30(23-12-15-28(40)21(3)16-23)38(27-17-20(27)2)32(42)26(36-33(43)44-34(4,5)6)18-22-10-13-24(39)14-11-22/h7-16,20,26-27,30,39-40H,17-18H2,1-6H3,(H,36,43)(H,37,41). The molecule has 10 heteroatoms. The summed E-state index contributed by atoms with van der Waals surface area (Å²) in [6, 6.07) is 13.9. The maximum atomic E-state index is 14.7. The molecule has 0 aliphatic heterocycles. The first-order chi connectivity index (χ1) is 20.6. The molecule has 0 saturated heterocycles. The van der Waals surface area contributed by atoms with Gasteiger partial charge in [0.25, 0.3) is 5.91 Å². The minimum atomic E-state index is -1.12. The number of para-hydroxylation sites is 1. The SMILES string of the molecule is Cc1cc(C(C(=O)Nc2c(C)cccc2Cl)N(C(=O)C(Cc2ccc(O)cc2)NC(=O)OC(C)(C)C)C2CC2C)ccc1O. The van der Waals surface area contributed by atoms with Crippen LogP contribution in [0.25, 0.3) is 0 Å². The molecule has 234 valence electrons. The molecule has 44 heavy (non-hydrogen) atoms. The Balaban J connectivity index is 1.79. The van der Waals surface area contributed by atoms with Gasteiger partial charge in [0.05, 0.1) is 10.7 Å². The number of benzene rings is 3. The quantitative estimate of drug-likeness (QED) is 0.218. The van der Waals surface area contributed by atoms with E-state index in [0.717, 1.165) is 5.56 Å². The molecule has 4 rings (SSSR count). The van der Waals surface area contributed by atoms with E-state index in [-0.39, 0.29) is 29.9 Å². The van der Waals surface area contributed by atoms with Crippen molar-refractivity contribution in [1.82, 2.24) is 10.2 Å². The van der Waals surface area contributed by atoms with Crippen LogP contribution in [0.15, 0.2) is 60.7 Å². The van der Waals surface area contributed by atoms with Gasteiger partial charge in [0.15, 0.2) is 0 Å². The summed E-state index contributed by atoms with van der Waals surface area (Å²) in [4.78, 5) is 43.5. The van der Waals surface area contributed by atoms with Crippen molar-refractivity contribution in [3.05, 3.63) is 87.9 Å². The van der Waals surface area contributed by atoms with Crippen LogP contribution in [0.3, 0.4) is 0 Å². The van der Waals surface area contributed by atoms with Crippen molar-refractivity contribution in [3.8, 4) is 11.5 Å². The number of carbonyl (C=O) groups excluding carboxylic acids is 3. The summed E-state index contributed by atoms with van der Waals surface area (Å²) in [6.07, 6.45) is -0.0231. The van der Waals surface area contributed by atoms with Gasteiger partial charge in [-0.3, -0.25) is 9.59 Å². The van der Waals surface area contributed by atoms with Gasteiger partial charge in [-0.05, 0) is 99.5 Å². The molecule has 0 aromatic heterocycles. The number of nitrogens with zero attached hydrogens (tertiary/aromatic N) is 1. The van der Waals surface area contributed by atoms with E-state index in [1.54, 1.807) is 69.0 Å². The lowest BCUT2D eigenvalue weighted by molar-refractivity contribution is -0.141. The van der Waals surface area contributed by atoms with Crippen LogP contribution in [0.4, 0.5) is 10.5 Å². The Morgan fingerprint density at radius 2 is 1.68 bits per heavy atom. The van der Waals surface area contributed by atoms with Crippen LogP contribution in [0.2, 0.25) is 5.02 Å². The van der Waals surface area contributed by atoms with E-state index < -0.39 is 35.6 Å². The van der Waals surface area contributed by atoms with Crippen molar-refractivity contribution in [3.63, 3.8) is 0 Å². The zero-order chi connectivity index (χ0) is 32.3. The van der Waals surface area contributed by atoms with Crippen LogP contribution >= 0.6 is 11.6 Å². The molecular formula is C34H40ClN3O6. The summed E-state index contributed by atoms with van der Waals surface area (Å²) in [6.45, 7) is 10.7. The first-order valence-corrected chi connectivity index (χ1v) is 15.0. The largest absolute Gasteiger partial charge is 0.508 e. The third-order valence-electron chi connectivity index (χ3n) is 7.58. The predicted molar refractivity (Wildman–Crippen MR) is 170 cm³/mol. The molecule has 0 spiro atoms. The van der Waals surface area contributed by atoms with Crippen LogP contribution in [-0.2, 0) is 20.7 Å². The molecule has 9 nitrogen and oxygen atoms in total. The Labute approximate surface area is 263 Å². The molecule has 4 unspecified atom stereocenters. The minimum absolute atomic E-state index is 0.0596. The van der Waals surface area contributed by atoms with Gasteiger partial charge in [0.1, 0.15) is 29.2 Å². The molecule has 1 fully saturated rings. The Kier molecular flexibility index (Phi) is 9.78. The van der Waals surface area contributed by atoms with E-state index in [1.165, 1.54) is 18.2 Å². The molecule has 0 heterocycles. The Morgan fingerprint density at radius 3 is 2.25 bits per heavy atom. The molecule has 0 radical (unpaired) electrons. The molecule has 1 saturated carbocycles. The first-order valence-electron chi connectivity index (χ1n) is 14.6. The number of carbonyl (C=O) groups is 3. The summed E-state index contributed by atoms with van der Waals surface area (Å²) < 4.78 is 5.50. The second-order valence-electron chi connectivity index (χ2n) is 12.5. The third-order valence-corrected chi connectivity index (χ3v) is 7.89. The number of aromatic hydroxyl groups is 2. The van der Waals surface area contributed by atoms with Crippen molar-refractivity contribution in [2.45, 2.75) is 78.1 Å². The molecule has 1 aliphatic rings. The topological polar surface area (TPSA) is 128 Å². The van der Waals surface area contributed by atoms with Gasteiger partial charge in [-0.2, -0.15) is 0 Å². The van der Waals surface area contributed by atoms with Crippen molar-refractivity contribution in [2.75, 3.05) is 5.32 Å².